The molecular weight excluding hydrogens is 255 g/mol. The van der Waals surface area contributed by atoms with Crippen molar-refractivity contribution in [2.45, 2.75) is 37.1 Å². The van der Waals surface area contributed by atoms with Crippen LogP contribution in [0.2, 0.25) is 0 Å². The average molecular weight is 268 g/mol. The fourth-order valence-electron chi connectivity index (χ4n) is 2.42. The first kappa shape index (κ1) is 11.6. The fourth-order valence-corrected chi connectivity index (χ4v) is 3.34. The molecule has 0 aliphatic heterocycles. The Hall–Kier alpha value is -1.43. The minimum Gasteiger partial charge on any atom is -0.285 e. The standard InChI is InChI=1S/C12H13FN2O2S/c1-8-4-2-7-10-14-11(9-5-3-6-9)12(15(8)10)18(13,16)17/h2,4,7,9H,3,5-6H2,1H3. The number of pyridine rings is 1. The van der Waals surface area contributed by atoms with Crippen LogP contribution in [0.25, 0.3) is 5.65 Å². The number of rotatable bonds is 2. The SMILES string of the molecule is Cc1cccc2nc(C3CCC3)c(S(=O)(=O)F)n12. The second kappa shape index (κ2) is 3.78. The Morgan fingerprint density at radius 3 is 2.67 bits per heavy atom. The van der Waals surface area contributed by atoms with Gasteiger partial charge in [0.05, 0.1) is 5.69 Å². The number of nitrogens with zero attached hydrogens (tertiary/aromatic N) is 2. The van der Waals surface area contributed by atoms with Crippen LogP contribution in [0.15, 0.2) is 23.2 Å². The van der Waals surface area contributed by atoms with E-state index >= 15 is 0 Å². The highest BCUT2D eigenvalue weighted by Gasteiger charge is 2.32. The second-order valence-electron chi connectivity index (χ2n) is 4.73. The summed E-state index contributed by atoms with van der Waals surface area (Å²) < 4.78 is 37.7. The summed E-state index contributed by atoms with van der Waals surface area (Å²) in [6.45, 7) is 1.74. The number of fused-ring (bicyclic) bond motifs is 1. The minimum atomic E-state index is -4.76. The molecule has 18 heavy (non-hydrogen) atoms. The van der Waals surface area contributed by atoms with E-state index in [1.165, 1.54) is 4.40 Å². The van der Waals surface area contributed by atoms with Crippen LogP contribution in [-0.2, 0) is 10.2 Å². The van der Waals surface area contributed by atoms with E-state index in [9.17, 15) is 12.3 Å². The van der Waals surface area contributed by atoms with Crippen molar-refractivity contribution in [3.8, 4) is 0 Å². The van der Waals surface area contributed by atoms with Gasteiger partial charge in [-0.2, -0.15) is 8.42 Å². The van der Waals surface area contributed by atoms with Crippen molar-refractivity contribution in [2.75, 3.05) is 0 Å². The molecular formula is C12H13FN2O2S. The van der Waals surface area contributed by atoms with Crippen LogP contribution < -0.4 is 0 Å². The van der Waals surface area contributed by atoms with Gasteiger partial charge in [-0.1, -0.05) is 16.4 Å². The molecule has 1 saturated carbocycles. The number of aryl methyl sites for hydroxylation is 1. The molecule has 0 aromatic carbocycles. The van der Waals surface area contributed by atoms with E-state index in [-0.39, 0.29) is 10.9 Å². The highest BCUT2D eigenvalue weighted by Crippen LogP contribution is 2.39. The number of hydrogen-bond donors (Lipinski definition) is 0. The molecule has 4 nitrogen and oxygen atoms in total. The van der Waals surface area contributed by atoms with Crippen LogP contribution in [-0.4, -0.2) is 17.8 Å². The third-order valence-electron chi connectivity index (χ3n) is 3.54. The molecule has 0 N–H and O–H groups in total. The first-order valence-corrected chi connectivity index (χ1v) is 7.29. The molecule has 2 heterocycles. The third kappa shape index (κ3) is 1.63. The van der Waals surface area contributed by atoms with E-state index < -0.39 is 10.2 Å². The predicted octanol–water partition coefficient (Wildman–Crippen LogP) is 2.57. The summed E-state index contributed by atoms with van der Waals surface area (Å²) in [5.74, 6) is 0.0739. The summed E-state index contributed by atoms with van der Waals surface area (Å²) in [7, 11) is -4.76. The molecule has 2 aromatic heterocycles. The maximum Gasteiger partial charge on any atom is 0.350 e. The van der Waals surface area contributed by atoms with Crippen LogP contribution in [0.1, 0.15) is 36.6 Å². The summed E-state index contributed by atoms with van der Waals surface area (Å²) in [4.78, 5) is 4.31. The third-order valence-corrected chi connectivity index (χ3v) is 4.40. The van der Waals surface area contributed by atoms with Crippen LogP contribution in [0.4, 0.5) is 3.89 Å². The summed E-state index contributed by atoms with van der Waals surface area (Å²) in [6, 6.07) is 5.23. The van der Waals surface area contributed by atoms with Crippen molar-refractivity contribution in [3.63, 3.8) is 0 Å². The molecule has 96 valence electrons. The molecule has 0 atom stereocenters. The van der Waals surface area contributed by atoms with E-state index in [0.29, 0.717) is 17.0 Å². The summed E-state index contributed by atoms with van der Waals surface area (Å²) in [5.41, 5.74) is 1.55. The first-order chi connectivity index (χ1) is 8.48. The van der Waals surface area contributed by atoms with Crippen molar-refractivity contribution in [3.05, 3.63) is 29.6 Å². The smallest absolute Gasteiger partial charge is 0.285 e. The van der Waals surface area contributed by atoms with Crippen LogP contribution >= 0.6 is 0 Å². The van der Waals surface area contributed by atoms with Gasteiger partial charge in [-0.25, -0.2) is 4.98 Å². The van der Waals surface area contributed by atoms with E-state index in [0.717, 1.165) is 19.3 Å². The van der Waals surface area contributed by atoms with Crippen LogP contribution in [0.3, 0.4) is 0 Å². The number of imidazole rings is 1. The lowest BCUT2D eigenvalue weighted by molar-refractivity contribution is 0.404. The van der Waals surface area contributed by atoms with Gasteiger partial charge in [0.1, 0.15) is 5.65 Å². The zero-order valence-electron chi connectivity index (χ0n) is 9.93. The zero-order valence-corrected chi connectivity index (χ0v) is 10.7. The molecule has 3 rings (SSSR count). The van der Waals surface area contributed by atoms with E-state index in [1.54, 1.807) is 25.1 Å². The maximum absolute atomic E-state index is 13.6. The van der Waals surface area contributed by atoms with Crippen LogP contribution in [0.5, 0.6) is 0 Å². The van der Waals surface area contributed by atoms with E-state index in [2.05, 4.69) is 4.98 Å². The van der Waals surface area contributed by atoms with Gasteiger partial charge in [0.2, 0.25) is 0 Å². The summed E-state index contributed by atoms with van der Waals surface area (Å²) in [6.07, 6.45) is 2.81. The summed E-state index contributed by atoms with van der Waals surface area (Å²) >= 11 is 0. The van der Waals surface area contributed by atoms with Gasteiger partial charge in [-0.3, -0.25) is 4.40 Å². The van der Waals surface area contributed by atoms with Crippen molar-refractivity contribution in [1.29, 1.82) is 0 Å². The lowest BCUT2D eigenvalue weighted by Crippen LogP contribution is -2.13. The molecule has 0 unspecified atom stereocenters. The van der Waals surface area contributed by atoms with Crippen LogP contribution in [0, 0.1) is 6.92 Å². The van der Waals surface area contributed by atoms with Gasteiger partial charge in [0, 0.05) is 11.6 Å². The Bertz CT molecular complexity index is 717. The Morgan fingerprint density at radius 2 is 2.11 bits per heavy atom. The van der Waals surface area contributed by atoms with Crippen molar-refractivity contribution in [2.24, 2.45) is 0 Å². The second-order valence-corrected chi connectivity index (χ2v) is 5.99. The quantitative estimate of drug-likeness (QED) is 0.787. The largest absolute Gasteiger partial charge is 0.350 e. The lowest BCUT2D eigenvalue weighted by Gasteiger charge is -2.23. The lowest BCUT2D eigenvalue weighted by atomic mass is 9.83. The molecule has 1 aliphatic carbocycles. The Balaban J connectivity index is 2.39. The molecule has 1 fully saturated rings. The normalized spacial score (nSPS) is 17.0. The zero-order chi connectivity index (χ0) is 12.9. The van der Waals surface area contributed by atoms with Gasteiger partial charge < -0.3 is 0 Å². The average Bonchev–Trinajstić information content (AvgIpc) is 2.54. The predicted molar refractivity (Wildman–Crippen MR) is 64.8 cm³/mol. The molecule has 0 amide bonds. The van der Waals surface area contributed by atoms with Gasteiger partial charge in [-0.15, -0.1) is 0 Å². The molecule has 0 saturated heterocycles. The van der Waals surface area contributed by atoms with Crippen molar-refractivity contribution in [1.82, 2.24) is 9.38 Å². The number of aromatic nitrogens is 2. The molecule has 2 aromatic rings. The monoisotopic (exact) mass is 268 g/mol. The topological polar surface area (TPSA) is 51.4 Å². The van der Waals surface area contributed by atoms with E-state index in [4.69, 9.17) is 0 Å². The number of halogens is 1. The molecule has 1 aliphatic rings. The van der Waals surface area contributed by atoms with E-state index in [1.807, 2.05) is 0 Å². The van der Waals surface area contributed by atoms with Gasteiger partial charge >= 0.3 is 10.2 Å². The van der Waals surface area contributed by atoms with Gasteiger partial charge in [0.25, 0.3) is 0 Å². The fraction of sp³-hybridized carbons (Fsp3) is 0.417. The molecule has 0 bridgehead atoms. The minimum absolute atomic E-state index is 0.0739. The van der Waals surface area contributed by atoms with Crippen molar-refractivity contribution < 1.29 is 12.3 Å². The van der Waals surface area contributed by atoms with Gasteiger partial charge in [0.15, 0.2) is 5.03 Å². The Morgan fingerprint density at radius 1 is 1.39 bits per heavy atom. The highest BCUT2D eigenvalue weighted by molar-refractivity contribution is 7.86. The number of hydrogen-bond acceptors (Lipinski definition) is 3. The van der Waals surface area contributed by atoms with Crippen molar-refractivity contribution >= 4 is 15.9 Å². The maximum atomic E-state index is 13.6. The first-order valence-electron chi connectivity index (χ1n) is 5.91. The summed E-state index contributed by atoms with van der Waals surface area (Å²) in [5, 5.41) is -0.277. The molecule has 0 radical (unpaired) electrons. The molecule has 0 spiro atoms. The Labute approximate surface area is 105 Å². The Kier molecular flexibility index (Phi) is 2.45. The molecule has 6 heteroatoms. The highest BCUT2D eigenvalue weighted by atomic mass is 32.3. The van der Waals surface area contributed by atoms with Gasteiger partial charge in [-0.05, 0) is 31.9 Å².